The molecule has 0 unspecified atom stereocenters. The average molecular weight is 558 g/mol. The van der Waals surface area contributed by atoms with Crippen LogP contribution in [-0.4, -0.2) is 37.7 Å². The van der Waals surface area contributed by atoms with Crippen LogP contribution in [0.4, 0.5) is 5.69 Å². The Bertz CT molecular complexity index is 1330. The lowest BCUT2D eigenvalue weighted by Crippen LogP contribution is -2.32. The summed E-state index contributed by atoms with van der Waals surface area (Å²) in [6.45, 7) is 2.69. The molecule has 9 nitrogen and oxygen atoms in total. The van der Waals surface area contributed by atoms with Gasteiger partial charge in [0.25, 0.3) is 0 Å². The van der Waals surface area contributed by atoms with Gasteiger partial charge in [-0.3, -0.25) is 9.59 Å². The van der Waals surface area contributed by atoms with Crippen molar-refractivity contribution in [3.8, 4) is 17.2 Å². The van der Waals surface area contributed by atoms with Crippen LogP contribution in [0.5, 0.6) is 17.2 Å². The smallest absolute Gasteiger partial charge is 0.343 e. The Morgan fingerprint density at radius 1 is 0.974 bits per heavy atom. The van der Waals surface area contributed by atoms with Crippen molar-refractivity contribution in [2.24, 2.45) is 5.10 Å². The van der Waals surface area contributed by atoms with Gasteiger partial charge in [0, 0.05) is 0 Å². The number of methoxy groups -OCH3 is 1. The predicted molar refractivity (Wildman–Crippen MR) is 146 cm³/mol. The molecule has 3 aromatic rings. The van der Waals surface area contributed by atoms with Crippen LogP contribution in [0.3, 0.4) is 0 Å². The summed E-state index contributed by atoms with van der Waals surface area (Å²) in [6.07, 6.45) is 3.28. The van der Waals surface area contributed by atoms with E-state index in [-0.39, 0.29) is 27.2 Å². The zero-order valence-electron chi connectivity index (χ0n) is 20.6. The summed E-state index contributed by atoms with van der Waals surface area (Å²) in [5.41, 5.74) is 3.16. The molecule has 0 atom stereocenters. The predicted octanol–water partition coefficient (Wildman–Crippen LogP) is 5.49. The molecule has 0 fully saturated rings. The summed E-state index contributed by atoms with van der Waals surface area (Å²) in [5.74, 6) is -1.43. The third kappa shape index (κ3) is 7.96. The van der Waals surface area contributed by atoms with Crippen LogP contribution in [0.15, 0.2) is 65.8 Å². The van der Waals surface area contributed by atoms with Crippen molar-refractivity contribution in [3.63, 3.8) is 0 Å². The fraction of sp³-hybridized carbons (Fsp3) is 0.185. The lowest BCUT2D eigenvalue weighted by molar-refractivity contribution is -0.136. The minimum Gasteiger partial charge on any atom is -0.494 e. The SMILES string of the molecule is CCCCOc1ccc(C(=O)Oc2ccc(/C=N/NC(=O)C(=O)Nc3cccc(Cl)c3Cl)cc2OC)cc1. The number of halogens is 2. The molecule has 3 aromatic carbocycles. The van der Waals surface area contributed by atoms with Gasteiger partial charge in [-0.15, -0.1) is 0 Å². The van der Waals surface area contributed by atoms with Gasteiger partial charge in [-0.05, 0) is 66.6 Å². The first kappa shape index (κ1) is 28.5. The zero-order valence-corrected chi connectivity index (χ0v) is 22.1. The summed E-state index contributed by atoms with van der Waals surface area (Å²) in [4.78, 5) is 36.7. The van der Waals surface area contributed by atoms with Crippen LogP contribution in [0, 0.1) is 0 Å². The number of carbonyl (C=O) groups excluding carboxylic acids is 3. The first-order valence-electron chi connectivity index (χ1n) is 11.5. The highest BCUT2D eigenvalue weighted by Gasteiger charge is 2.16. The Morgan fingerprint density at radius 3 is 2.45 bits per heavy atom. The second kappa shape index (κ2) is 14.0. The van der Waals surface area contributed by atoms with Crippen LogP contribution < -0.4 is 25.0 Å². The van der Waals surface area contributed by atoms with Crippen LogP contribution in [0.25, 0.3) is 0 Å². The quantitative estimate of drug-likeness (QED) is 0.0850. The molecule has 38 heavy (non-hydrogen) atoms. The minimum absolute atomic E-state index is 0.111. The van der Waals surface area contributed by atoms with Crippen molar-refractivity contribution in [1.29, 1.82) is 0 Å². The monoisotopic (exact) mass is 557 g/mol. The Kier molecular flexibility index (Phi) is 10.5. The van der Waals surface area contributed by atoms with Crippen LogP contribution in [0.2, 0.25) is 10.0 Å². The summed E-state index contributed by atoms with van der Waals surface area (Å²) in [5, 5.41) is 6.47. The van der Waals surface area contributed by atoms with Crippen LogP contribution in [0.1, 0.15) is 35.7 Å². The molecule has 3 rings (SSSR count). The number of nitrogens with zero attached hydrogens (tertiary/aromatic N) is 1. The number of hydrogen-bond donors (Lipinski definition) is 2. The maximum absolute atomic E-state index is 12.6. The van der Waals surface area contributed by atoms with Crippen LogP contribution >= 0.6 is 23.2 Å². The van der Waals surface area contributed by atoms with Gasteiger partial charge >= 0.3 is 17.8 Å². The molecule has 0 saturated heterocycles. The maximum Gasteiger partial charge on any atom is 0.343 e. The molecule has 0 heterocycles. The minimum atomic E-state index is -1.02. The highest BCUT2D eigenvalue weighted by atomic mass is 35.5. The molecule has 0 aliphatic rings. The number of nitrogens with one attached hydrogen (secondary N) is 2. The van der Waals surface area contributed by atoms with Gasteiger partial charge in [-0.1, -0.05) is 42.6 Å². The molecule has 198 valence electrons. The second-order valence-corrected chi connectivity index (χ2v) is 8.57. The summed E-state index contributed by atoms with van der Waals surface area (Å²) in [6, 6.07) is 16.0. The number of anilines is 1. The van der Waals surface area contributed by atoms with E-state index in [0.29, 0.717) is 23.5 Å². The number of unbranched alkanes of at least 4 members (excludes halogenated alkanes) is 1. The molecule has 11 heteroatoms. The van der Waals surface area contributed by atoms with Crippen molar-refractivity contribution >= 4 is 52.9 Å². The molecule has 0 spiro atoms. The number of benzene rings is 3. The van der Waals surface area contributed by atoms with Crippen molar-refractivity contribution in [3.05, 3.63) is 81.8 Å². The Labute approximate surface area is 229 Å². The van der Waals surface area contributed by atoms with Crippen molar-refractivity contribution in [2.45, 2.75) is 19.8 Å². The van der Waals surface area contributed by atoms with E-state index in [1.165, 1.54) is 25.5 Å². The fourth-order valence-electron chi connectivity index (χ4n) is 3.02. The van der Waals surface area contributed by atoms with E-state index in [1.807, 2.05) is 0 Å². The second-order valence-electron chi connectivity index (χ2n) is 7.78. The van der Waals surface area contributed by atoms with Crippen molar-refractivity contribution in [1.82, 2.24) is 5.43 Å². The number of hydrogen-bond acceptors (Lipinski definition) is 7. The summed E-state index contributed by atoms with van der Waals surface area (Å²) < 4.78 is 16.4. The van der Waals surface area contributed by atoms with E-state index in [4.69, 9.17) is 37.4 Å². The van der Waals surface area contributed by atoms with Gasteiger partial charge < -0.3 is 19.5 Å². The summed E-state index contributed by atoms with van der Waals surface area (Å²) >= 11 is 11.9. The first-order chi connectivity index (χ1) is 18.3. The number of hydrazone groups is 1. The van der Waals surface area contributed by atoms with Crippen LogP contribution in [-0.2, 0) is 9.59 Å². The zero-order chi connectivity index (χ0) is 27.5. The van der Waals surface area contributed by atoms with Gasteiger partial charge in [-0.25, -0.2) is 10.2 Å². The number of carbonyl (C=O) groups is 3. The van der Waals surface area contributed by atoms with Gasteiger partial charge in [0.1, 0.15) is 5.75 Å². The topological polar surface area (TPSA) is 115 Å². The normalized spacial score (nSPS) is 10.6. The molecule has 0 radical (unpaired) electrons. The lowest BCUT2D eigenvalue weighted by atomic mass is 10.2. The molecule has 2 amide bonds. The molecule has 0 aromatic heterocycles. The van der Waals surface area contributed by atoms with E-state index in [9.17, 15) is 14.4 Å². The van der Waals surface area contributed by atoms with E-state index < -0.39 is 17.8 Å². The molecular formula is C27H25Cl2N3O6. The molecule has 0 aliphatic carbocycles. The first-order valence-corrected chi connectivity index (χ1v) is 12.3. The van der Waals surface area contributed by atoms with Gasteiger partial charge in [0.2, 0.25) is 0 Å². The van der Waals surface area contributed by atoms with Gasteiger partial charge in [0.15, 0.2) is 11.5 Å². The summed E-state index contributed by atoms with van der Waals surface area (Å²) in [7, 11) is 1.42. The van der Waals surface area contributed by atoms with Crippen molar-refractivity contribution in [2.75, 3.05) is 19.0 Å². The Hall–Kier alpha value is -4.08. The lowest BCUT2D eigenvalue weighted by Gasteiger charge is -2.10. The highest BCUT2D eigenvalue weighted by Crippen LogP contribution is 2.30. The van der Waals surface area contributed by atoms with E-state index >= 15 is 0 Å². The van der Waals surface area contributed by atoms with E-state index in [0.717, 1.165) is 12.8 Å². The Balaban J connectivity index is 1.57. The standard InChI is InChI=1S/C27H25Cl2N3O6/c1-3-4-14-37-19-11-9-18(10-12-19)27(35)38-22-13-8-17(15-23(22)36-2)16-30-32-26(34)25(33)31-21-7-5-6-20(28)24(21)29/h5-13,15-16H,3-4,14H2,1-2H3,(H,31,33)(H,32,34)/b30-16+. The number of ether oxygens (including phenoxy) is 3. The number of rotatable bonds is 10. The van der Waals surface area contributed by atoms with Gasteiger partial charge in [0.05, 0.1) is 41.2 Å². The molecule has 0 saturated carbocycles. The molecule has 0 aliphatic heterocycles. The van der Waals surface area contributed by atoms with E-state index in [1.54, 1.807) is 48.5 Å². The number of esters is 1. The van der Waals surface area contributed by atoms with Gasteiger partial charge in [-0.2, -0.15) is 5.10 Å². The number of amides is 2. The largest absolute Gasteiger partial charge is 0.494 e. The molecular weight excluding hydrogens is 533 g/mol. The van der Waals surface area contributed by atoms with E-state index in [2.05, 4.69) is 22.8 Å². The highest BCUT2D eigenvalue weighted by molar-refractivity contribution is 6.45. The maximum atomic E-state index is 12.6. The third-order valence-corrected chi connectivity index (χ3v) is 5.85. The Morgan fingerprint density at radius 2 is 1.74 bits per heavy atom. The molecule has 2 N–H and O–H groups in total. The fourth-order valence-corrected chi connectivity index (χ4v) is 3.37. The van der Waals surface area contributed by atoms with Crippen molar-refractivity contribution < 1.29 is 28.6 Å². The third-order valence-electron chi connectivity index (χ3n) is 5.03. The average Bonchev–Trinajstić information content (AvgIpc) is 2.92. The molecule has 0 bridgehead atoms.